The van der Waals surface area contributed by atoms with E-state index in [1.54, 1.807) is 12.1 Å². The molecular weight excluding hydrogens is 2430 g/mol. The summed E-state index contributed by atoms with van der Waals surface area (Å²) in [6, 6.07) is 122. The van der Waals surface area contributed by atoms with Crippen LogP contribution in [0.15, 0.2) is 423 Å². The number of hydrogen-bond acceptors (Lipinski definition) is 0. The molecule has 0 nitrogen and oxygen atoms in total. The minimum Gasteiger partial charge on any atom is -0.0619 e. The SMILES string of the molecule is Clc1ccc(-[s+]2c3ccc(Cl)cc3c3cc(Cl)ccc32)cc1.Clc1ccc([S+](c2ccc(Cl)cc2)c2ccc(Cl)cc2)cc1.Clc1ccc([S+](c2ccc(Cl)cc2Cl)c2ccc(Cl)cc2Cl)cc1.Clc1ccc([S+](c2ccccc2)c2ccc(Cl)cc2)cc1.F[P-](F)(F)(F)(F)F.F[P-](F)(F)(F)(F)F.F[P-](F)(F)(F)(F)F.F[P-](F)(F)(F)(F)F.F[P-](F)(F)(F)(F)F.c1ccc([S+](c2ccccc2)c2ccccc2)cc1. The first-order valence-corrected chi connectivity index (χ1v) is 59.4. The molecule has 0 spiro atoms. The van der Waals surface area contributed by atoms with Gasteiger partial charge < -0.3 is 0 Å². The topological polar surface area (TPSA) is 0 Å². The maximum absolute atomic E-state index is 10.7. The molecule has 16 rings (SSSR count). The van der Waals surface area contributed by atoms with E-state index in [-0.39, 0.29) is 43.2 Å². The van der Waals surface area contributed by atoms with E-state index in [1.807, 2.05) is 152 Å². The molecule has 1 heterocycles. The number of thiophene rings is 1. The first kappa shape index (κ1) is 124. The molecular formula is C90H60Cl13F30P5S5. The zero-order valence-electron chi connectivity index (χ0n) is 70.2. The first-order valence-electron chi connectivity index (χ1n) is 38.2. The minimum atomic E-state index is -10.7. The zero-order valence-corrected chi connectivity index (χ0v) is 88.6. The van der Waals surface area contributed by atoms with Gasteiger partial charge in [0, 0.05) is 88.6 Å². The van der Waals surface area contributed by atoms with Crippen LogP contribution in [0.3, 0.4) is 0 Å². The van der Waals surface area contributed by atoms with Crippen molar-refractivity contribution in [3.8, 4) is 4.90 Å². The number of halogens is 43. The molecule has 0 unspecified atom stereocenters. The minimum absolute atomic E-state index is 0.0146. The molecule has 0 aliphatic rings. The van der Waals surface area contributed by atoms with Gasteiger partial charge >= 0.3 is 165 Å². The first-order chi connectivity index (χ1) is 64.6. The van der Waals surface area contributed by atoms with Gasteiger partial charge in [0.1, 0.15) is 10.9 Å². The Bertz CT molecular complexity index is 6390. The Hall–Kier alpha value is -6.26. The summed E-state index contributed by atoms with van der Waals surface area (Å²) in [6.07, 6.45) is 0. The molecule has 143 heavy (non-hydrogen) atoms. The Morgan fingerprint density at radius 3 is 0.483 bits per heavy atom. The fourth-order valence-corrected chi connectivity index (χ4v) is 24.4. The van der Waals surface area contributed by atoms with Crippen molar-refractivity contribution in [2.45, 2.75) is 58.7 Å². The van der Waals surface area contributed by atoms with Gasteiger partial charge in [-0.3, -0.25) is 0 Å². The standard InChI is InChI=1S/C18H10Cl5S.C18H10Cl3S.C18H12Cl3S.C18H13Cl2S.C18H15S.5F6P/c19-11-1-5-14(6-2-11)24(17-7-3-12(20)9-15(17)22)18-8-4-13(21)10-16(18)23;19-11-1-5-14(6-2-11)22-17-7-3-12(20)9-15(17)16-10-13(21)4-8-18(16)22;19-13-1-7-16(8-2-13)22(17-9-3-14(20)4-10-17)18-11-5-15(21)6-12-18;19-14-6-10-17(11-7-14)21(16-4-2-1-3-5-16)18-12-8-15(20)9-13-18;1-4-10-16(11-5-1)19(17-12-6-2-7-13-17)18-14-8-3-9-15-18;5*1-7(2,3,4,5)6/h1-10H;1-10H;1-12H;1-13H;1-15H;;;;;/q5*+1;5*-1. The van der Waals surface area contributed by atoms with Crippen LogP contribution in [-0.2, 0) is 43.6 Å². The van der Waals surface area contributed by atoms with Crippen LogP contribution >= 0.6 is 200 Å². The summed E-state index contributed by atoms with van der Waals surface area (Å²) in [5.41, 5.74) is 0. The Morgan fingerprint density at radius 2 is 0.301 bits per heavy atom. The van der Waals surface area contributed by atoms with Gasteiger partial charge in [-0.05, 0) is 279 Å². The second kappa shape index (κ2) is 45.1. The molecule has 15 aromatic carbocycles. The maximum atomic E-state index is 9.87. The van der Waals surface area contributed by atoms with Crippen LogP contribution in [0, 0.1) is 0 Å². The van der Waals surface area contributed by atoms with Crippen LogP contribution in [0.1, 0.15) is 0 Å². The van der Waals surface area contributed by atoms with Crippen molar-refractivity contribution in [1.29, 1.82) is 0 Å². The molecule has 0 saturated carbocycles. The van der Waals surface area contributed by atoms with Gasteiger partial charge in [-0.15, -0.1) is 0 Å². The molecule has 16 aromatic rings. The number of benzene rings is 15. The molecule has 0 aliphatic carbocycles. The van der Waals surface area contributed by atoms with Gasteiger partial charge in [0.05, 0.1) is 42.7 Å². The molecule has 53 heteroatoms. The fraction of sp³-hybridized carbons (Fsp3) is 0. The predicted molar refractivity (Wildman–Crippen MR) is 544 cm³/mol. The maximum Gasteiger partial charge on any atom is 0.166 e. The van der Waals surface area contributed by atoms with E-state index in [2.05, 4.69) is 200 Å². The molecule has 776 valence electrons. The Morgan fingerprint density at radius 1 is 0.154 bits per heavy atom. The van der Waals surface area contributed by atoms with Crippen LogP contribution in [0.5, 0.6) is 0 Å². The Kier molecular flexibility index (Phi) is 39.0. The van der Waals surface area contributed by atoms with Gasteiger partial charge in [-0.25, -0.2) is 0 Å². The average molecular weight is 2490 g/mol. The smallest absolute Gasteiger partial charge is 0.0619 e. The number of hydrogen-bond donors (Lipinski definition) is 0. The van der Waals surface area contributed by atoms with E-state index in [1.165, 1.54) is 69.1 Å². The summed E-state index contributed by atoms with van der Waals surface area (Å²) in [5, 5.41) is 11.3. The average Bonchev–Trinajstić information content (AvgIpc) is 1.58. The van der Waals surface area contributed by atoms with Crippen molar-refractivity contribution in [3.05, 3.63) is 429 Å². The molecule has 1 aromatic heterocycles. The molecule has 0 amide bonds. The van der Waals surface area contributed by atoms with E-state index in [4.69, 9.17) is 151 Å². The summed E-state index contributed by atoms with van der Waals surface area (Å²) in [5.74, 6) is 0. The predicted octanol–water partition coefficient (Wildman–Crippen LogP) is 50.3. The summed E-state index contributed by atoms with van der Waals surface area (Å²) >= 11 is 79.6. The van der Waals surface area contributed by atoms with Crippen LogP contribution < -0.4 is 0 Å². The van der Waals surface area contributed by atoms with Gasteiger partial charge in [0.2, 0.25) is 0 Å². The van der Waals surface area contributed by atoms with Crippen molar-refractivity contribution in [3.63, 3.8) is 0 Å². The summed E-state index contributed by atoms with van der Waals surface area (Å²) in [7, 11) is -54.3. The van der Waals surface area contributed by atoms with Crippen molar-refractivity contribution in [2.24, 2.45) is 0 Å². The second-order valence-electron chi connectivity index (χ2n) is 28.2. The van der Waals surface area contributed by atoms with Gasteiger partial charge in [0.15, 0.2) is 73.0 Å². The quantitative estimate of drug-likeness (QED) is 0.0613. The van der Waals surface area contributed by atoms with Crippen molar-refractivity contribution >= 4 is 264 Å². The Balaban J connectivity index is 0.000000224. The number of rotatable bonds is 13. The van der Waals surface area contributed by atoms with E-state index in [9.17, 15) is 126 Å². The molecule has 0 saturated heterocycles. The van der Waals surface area contributed by atoms with Gasteiger partial charge in [0.25, 0.3) is 0 Å². The van der Waals surface area contributed by atoms with Crippen LogP contribution in [0.25, 0.3) is 25.1 Å². The van der Waals surface area contributed by atoms with E-state index in [0.29, 0.717) is 25.1 Å². The molecule has 0 atom stereocenters. The molecule has 0 N–H and O–H groups in total. The summed E-state index contributed by atoms with van der Waals surface area (Å²) < 4.78 is 299. The monoisotopic (exact) mass is 2480 g/mol. The van der Waals surface area contributed by atoms with Crippen LogP contribution in [-0.4, -0.2) is 0 Å². The molecule has 0 radical (unpaired) electrons. The van der Waals surface area contributed by atoms with Crippen LogP contribution in [0.4, 0.5) is 126 Å². The largest absolute Gasteiger partial charge is 0.166 e. The van der Waals surface area contributed by atoms with E-state index < -0.39 is 49.9 Å². The zero-order chi connectivity index (χ0) is 108. The summed E-state index contributed by atoms with van der Waals surface area (Å²) in [6.45, 7) is 0. The molecule has 0 fully saturated rings. The van der Waals surface area contributed by atoms with E-state index >= 15 is 0 Å². The number of fused-ring (bicyclic) bond motifs is 3. The summed E-state index contributed by atoms with van der Waals surface area (Å²) in [4.78, 5) is 15.6. The van der Waals surface area contributed by atoms with Crippen molar-refractivity contribution in [1.82, 2.24) is 0 Å². The third-order valence-electron chi connectivity index (χ3n) is 16.1. The third-order valence-corrected chi connectivity index (χ3v) is 31.0. The fourth-order valence-electron chi connectivity index (χ4n) is 11.3. The molecule has 0 bridgehead atoms. The third kappa shape index (κ3) is 54.2. The van der Waals surface area contributed by atoms with Gasteiger partial charge in [-0.2, -0.15) is 0 Å². The second-order valence-corrected chi connectivity index (χ2v) is 53.4. The Labute approximate surface area is 874 Å². The normalized spacial score (nSPS) is 14.0. The van der Waals surface area contributed by atoms with Crippen molar-refractivity contribution in [2.75, 3.05) is 0 Å². The van der Waals surface area contributed by atoms with Crippen LogP contribution in [0.2, 0.25) is 65.3 Å². The van der Waals surface area contributed by atoms with Gasteiger partial charge in [-0.1, -0.05) is 224 Å². The van der Waals surface area contributed by atoms with E-state index in [0.717, 1.165) is 54.9 Å². The molecule has 0 aliphatic heterocycles. The van der Waals surface area contributed by atoms with Crippen molar-refractivity contribution < 1.29 is 126 Å².